The molecule has 0 fully saturated rings. The van der Waals surface area contributed by atoms with Crippen LogP contribution in [0.5, 0.6) is 5.75 Å². The van der Waals surface area contributed by atoms with Gasteiger partial charge in [0.1, 0.15) is 12.3 Å². The highest BCUT2D eigenvalue weighted by Crippen LogP contribution is 2.26. The molecule has 3 aromatic rings. The largest absolute Gasteiger partial charge is 0.497 e. The van der Waals surface area contributed by atoms with E-state index in [4.69, 9.17) is 16.3 Å². The summed E-state index contributed by atoms with van der Waals surface area (Å²) in [6.45, 7) is 3.77. The highest BCUT2D eigenvalue weighted by Gasteiger charge is 2.27. The Morgan fingerprint density at radius 3 is 2.09 bits per heavy atom. The van der Waals surface area contributed by atoms with E-state index in [1.54, 1.807) is 48.5 Å². The SMILES string of the molecule is COc1ccc(S(=O)(=O)N(CC(=O)Nc2ccc(C(C)C)cc2)c2ccc(Cl)cc2)cc1. The summed E-state index contributed by atoms with van der Waals surface area (Å²) in [5.41, 5.74) is 2.07. The topological polar surface area (TPSA) is 75.7 Å². The summed E-state index contributed by atoms with van der Waals surface area (Å²) in [7, 11) is -2.52. The molecule has 3 aromatic carbocycles. The van der Waals surface area contributed by atoms with E-state index in [9.17, 15) is 13.2 Å². The van der Waals surface area contributed by atoms with Gasteiger partial charge in [-0.3, -0.25) is 9.10 Å². The van der Waals surface area contributed by atoms with Crippen molar-refractivity contribution in [3.63, 3.8) is 0 Å². The van der Waals surface area contributed by atoms with E-state index in [-0.39, 0.29) is 4.90 Å². The molecule has 0 bridgehead atoms. The Morgan fingerprint density at radius 2 is 1.56 bits per heavy atom. The Bertz CT molecular complexity index is 1160. The van der Waals surface area contributed by atoms with Crippen LogP contribution >= 0.6 is 11.6 Å². The summed E-state index contributed by atoms with van der Waals surface area (Å²) >= 11 is 5.97. The number of rotatable bonds is 8. The molecule has 0 aromatic heterocycles. The lowest BCUT2D eigenvalue weighted by molar-refractivity contribution is -0.114. The number of anilines is 2. The molecule has 3 rings (SSSR count). The van der Waals surface area contributed by atoms with Crippen LogP contribution in [0.2, 0.25) is 5.02 Å². The third-order valence-electron chi connectivity index (χ3n) is 4.91. The van der Waals surface area contributed by atoms with Crippen molar-refractivity contribution in [1.82, 2.24) is 0 Å². The van der Waals surface area contributed by atoms with Gasteiger partial charge in [0.15, 0.2) is 0 Å². The standard InChI is InChI=1S/C24H25ClN2O4S/c1-17(2)18-4-8-20(9-5-18)26-24(28)16-27(21-10-6-19(25)7-11-21)32(29,30)23-14-12-22(31-3)13-15-23/h4-15,17H,16H2,1-3H3,(H,26,28). The second-order valence-corrected chi connectivity index (χ2v) is 9.79. The molecule has 0 radical (unpaired) electrons. The zero-order valence-electron chi connectivity index (χ0n) is 18.1. The molecule has 0 saturated carbocycles. The average molecular weight is 473 g/mol. The zero-order chi connectivity index (χ0) is 23.3. The van der Waals surface area contributed by atoms with E-state index in [1.807, 2.05) is 12.1 Å². The molecule has 0 aliphatic heterocycles. The predicted octanol–water partition coefficient (Wildman–Crippen LogP) is 5.31. The molecule has 32 heavy (non-hydrogen) atoms. The van der Waals surface area contributed by atoms with E-state index in [1.165, 1.54) is 19.2 Å². The van der Waals surface area contributed by atoms with E-state index in [2.05, 4.69) is 19.2 Å². The van der Waals surface area contributed by atoms with E-state index >= 15 is 0 Å². The number of amides is 1. The fourth-order valence-electron chi connectivity index (χ4n) is 3.08. The van der Waals surface area contributed by atoms with Crippen LogP contribution in [0.25, 0.3) is 0 Å². The number of benzene rings is 3. The van der Waals surface area contributed by atoms with Crippen molar-refractivity contribution in [3.8, 4) is 5.75 Å². The molecule has 0 aliphatic carbocycles. The van der Waals surface area contributed by atoms with Gasteiger partial charge in [0.25, 0.3) is 10.0 Å². The van der Waals surface area contributed by atoms with Crippen molar-refractivity contribution in [2.75, 3.05) is 23.3 Å². The monoisotopic (exact) mass is 472 g/mol. The lowest BCUT2D eigenvalue weighted by atomic mass is 10.0. The molecule has 1 amide bonds. The minimum atomic E-state index is -4.02. The lowest BCUT2D eigenvalue weighted by Crippen LogP contribution is -2.38. The van der Waals surface area contributed by atoms with Gasteiger partial charge in [-0.25, -0.2) is 8.42 Å². The summed E-state index contributed by atoms with van der Waals surface area (Å²) in [5.74, 6) is 0.439. The molecule has 8 heteroatoms. The number of carbonyl (C=O) groups excluding carboxylic acids is 1. The fourth-order valence-corrected chi connectivity index (χ4v) is 4.63. The zero-order valence-corrected chi connectivity index (χ0v) is 19.7. The number of hydrogen-bond donors (Lipinski definition) is 1. The van der Waals surface area contributed by atoms with Crippen LogP contribution in [0.15, 0.2) is 77.7 Å². The number of halogens is 1. The van der Waals surface area contributed by atoms with Crippen LogP contribution in [0, 0.1) is 0 Å². The molecule has 168 valence electrons. The number of ether oxygens (including phenoxy) is 1. The summed E-state index contributed by atoms with van der Waals surface area (Å²) in [6.07, 6.45) is 0. The molecule has 1 N–H and O–H groups in total. The fraction of sp³-hybridized carbons (Fsp3) is 0.208. The minimum absolute atomic E-state index is 0.0438. The Balaban J connectivity index is 1.88. The Labute approximate surface area is 193 Å². The molecule has 6 nitrogen and oxygen atoms in total. The normalized spacial score (nSPS) is 11.3. The second kappa shape index (κ2) is 10.1. The number of nitrogens with zero attached hydrogens (tertiary/aromatic N) is 1. The molecule has 0 unspecified atom stereocenters. The molecular formula is C24H25ClN2O4S. The van der Waals surface area contributed by atoms with Crippen molar-refractivity contribution < 1.29 is 17.9 Å². The molecule has 0 heterocycles. The summed E-state index contributed by atoms with van der Waals surface area (Å²) in [5, 5.41) is 3.23. The first-order chi connectivity index (χ1) is 15.2. The van der Waals surface area contributed by atoms with Gasteiger partial charge in [-0.2, -0.15) is 0 Å². The van der Waals surface area contributed by atoms with E-state index in [0.29, 0.717) is 28.1 Å². The maximum Gasteiger partial charge on any atom is 0.264 e. The minimum Gasteiger partial charge on any atom is -0.497 e. The number of methoxy groups -OCH3 is 1. The molecular weight excluding hydrogens is 448 g/mol. The van der Waals surface area contributed by atoms with Gasteiger partial charge in [0.2, 0.25) is 5.91 Å². The highest BCUT2D eigenvalue weighted by atomic mass is 35.5. The highest BCUT2D eigenvalue weighted by molar-refractivity contribution is 7.92. The average Bonchev–Trinajstić information content (AvgIpc) is 2.78. The second-order valence-electron chi connectivity index (χ2n) is 7.49. The summed E-state index contributed by atoms with van der Waals surface area (Å²) < 4.78 is 33.0. The van der Waals surface area contributed by atoms with E-state index < -0.39 is 22.5 Å². The molecule has 0 saturated heterocycles. The van der Waals surface area contributed by atoms with Crippen molar-refractivity contribution in [1.29, 1.82) is 0 Å². The summed E-state index contributed by atoms with van der Waals surface area (Å²) in [6, 6.07) is 19.8. The first-order valence-electron chi connectivity index (χ1n) is 10.0. The number of carbonyl (C=O) groups is 1. The van der Waals surface area contributed by atoms with Crippen molar-refractivity contribution >= 4 is 38.9 Å². The first-order valence-corrected chi connectivity index (χ1v) is 11.8. The first kappa shape index (κ1) is 23.6. The molecule has 0 atom stereocenters. The number of sulfonamides is 1. The maximum absolute atomic E-state index is 13.4. The van der Waals surface area contributed by atoms with Crippen LogP contribution in [-0.4, -0.2) is 28.0 Å². The van der Waals surface area contributed by atoms with Gasteiger partial charge < -0.3 is 10.1 Å². The quantitative estimate of drug-likeness (QED) is 0.482. The van der Waals surface area contributed by atoms with Gasteiger partial charge >= 0.3 is 0 Å². The van der Waals surface area contributed by atoms with Crippen LogP contribution in [0.3, 0.4) is 0 Å². The van der Waals surface area contributed by atoms with Gasteiger partial charge in [0, 0.05) is 10.7 Å². The van der Waals surface area contributed by atoms with Crippen molar-refractivity contribution in [3.05, 3.63) is 83.4 Å². The Morgan fingerprint density at radius 1 is 0.969 bits per heavy atom. The van der Waals surface area contributed by atoms with Gasteiger partial charge in [-0.05, 0) is 72.1 Å². The smallest absolute Gasteiger partial charge is 0.264 e. The maximum atomic E-state index is 13.4. The van der Waals surface area contributed by atoms with Crippen molar-refractivity contribution in [2.45, 2.75) is 24.7 Å². The Hall–Kier alpha value is -3.03. The molecule has 0 aliphatic rings. The predicted molar refractivity (Wildman–Crippen MR) is 128 cm³/mol. The van der Waals surface area contributed by atoms with Crippen LogP contribution in [-0.2, 0) is 14.8 Å². The number of hydrogen-bond acceptors (Lipinski definition) is 4. The van der Waals surface area contributed by atoms with Gasteiger partial charge in [-0.1, -0.05) is 37.6 Å². The Kier molecular flexibility index (Phi) is 7.43. The van der Waals surface area contributed by atoms with Crippen LogP contribution < -0.4 is 14.4 Å². The van der Waals surface area contributed by atoms with Crippen LogP contribution in [0.4, 0.5) is 11.4 Å². The summed E-state index contributed by atoms with van der Waals surface area (Å²) in [4.78, 5) is 12.8. The third-order valence-corrected chi connectivity index (χ3v) is 6.95. The van der Waals surface area contributed by atoms with E-state index in [0.717, 1.165) is 9.87 Å². The number of nitrogens with one attached hydrogen (secondary N) is 1. The van der Waals surface area contributed by atoms with Gasteiger partial charge in [0.05, 0.1) is 17.7 Å². The van der Waals surface area contributed by atoms with Crippen molar-refractivity contribution in [2.24, 2.45) is 0 Å². The molecule has 0 spiro atoms. The van der Waals surface area contributed by atoms with Crippen LogP contribution in [0.1, 0.15) is 25.3 Å². The lowest BCUT2D eigenvalue weighted by Gasteiger charge is -2.24. The van der Waals surface area contributed by atoms with Gasteiger partial charge in [-0.15, -0.1) is 0 Å². The third kappa shape index (κ3) is 5.60.